The molecule has 3 heterocycles. The summed E-state index contributed by atoms with van der Waals surface area (Å²) in [5, 5.41) is 0. The van der Waals surface area contributed by atoms with Gasteiger partial charge in [-0.15, -0.1) is 0 Å². The molecule has 0 saturated carbocycles. The van der Waals surface area contributed by atoms with Crippen molar-refractivity contribution in [1.82, 2.24) is 8.87 Å². The highest BCUT2D eigenvalue weighted by Gasteiger charge is 2.35. The fourth-order valence-electron chi connectivity index (χ4n) is 2.94. The van der Waals surface area contributed by atoms with Crippen LogP contribution in [0.1, 0.15) is 35.6 Å². The first-order chi connectivity index (χ1) is 8.02. The van der Waals surface area contributed by atoms with Gasteiger partial charge in [-0.25, -0.2) is 0 Å². The van der Waals surface area contributed by atoms with Gasteiger partial charge in [0, 0.05) is 41.9 Å². The monoisotopic (exact) mass is 268 g/mol. The van der Waals surface area contributed by atoms with E-state index in [9.17, 15) is 4.79 Å². The summed E-state index contributed by atoms with van der Waals surface area (Å²) in [6.45, 7) is 6.38. The lowest BCUT2D eigenvalue weighted by Gasteiger charge is -2.25. The lowest BCUT2D eigenvalue weighted by Crippen LogP contribution is -2.32. The van der Waals surface area contributed by atoms with E-state index in [2.05, 4.69) is 36.1 Å². The third-order valence-electron chi connectivity index (χ3n) is 3.65. The number of hydrogen-bond donors (Lipinski definition) is 1. The zero-order valence-corrected chi connectivity index (χ0v) is 11.8. The Labute approximate surface area is 110 Å². The Hall–Kier alpha value is -0.550. The Morgan fingerprint density at radius 1 is 1.47 bits per heavy atom. The van der Waals surface area contributed by atoms with Crippen molar-refractivity contribution in [3.05, 3.63) is 23.0 Å². The fourth-order valence-corrected chi connectivity index (χ4v) is 3.75. The number of amides is 1. The van der Waals surface area contributed by atoms with E-state index in [4.69, 9.17) is 0 Å². The molecular weight excluding hydrogens is 252 g/mol. The van der Waals surface area contributed by atoms with Crippen LogP contribution in [0, 0.1) is 5.41 Å². The predicted molar refractivity (Wildman–Crippen MR) is 73.2 cm³/mol. The average Bonchev–Trinajstić information content (AvgIpc) is 2.72. The quantitative estimate of drug-likeness (QED) is 0.481. The maximum Gasteiger partial charge on any atom is 0.266 e. The summed E-state index contributed by atoms with van der Waals surface area (Å²) < 4.78 is 4.08. The van der Waals surface area contributed by atoms with Crippen molar-refractivity contribution < 1.29 is 4.79 Å². The van der Waals surface area contributed by atoms with Crippen LogP contribution < -0.4 is 0 Å². The fraction of sp³-hybridized carbons (Fsp3) is 0.583. The minimum atomic E-state index is 0.117. The summed E-state index contributed by atoms with van der Waals surface area (Å²) in [6.07, 6.45) is 2.02. The molecular formula is C12H16N2OS2. The molecule has 0 unspecified atom stereocenters. The molecule has 0 bridgehead atoms. The first kappa shape index (κ1) is 11.5. The van der Waals surface area contributed by atoms with Gasteiger partial charge in [0.2, 0.25) is 0 Å². The second-order valence-corrected chi connectivity index (χ2v) is 6.76. The molecule has 0 radical (unpaired) electrons. The Kier molecular flexibility index (Phi) is 2.52. The Morgan fingerprint density at radius 3 is 2.94 bits per heavy atom. The van der Waals surface area contributed by atoms with Crippen molar-refractivity contribution in [2.75, 3.05) is 6.54 Å². The molecule has 0 aromatic carbocycles. The molecule has 1 aromatic heterocycles. The minimum Gasteiger partial charge on any atom is -0.347 e. The van der Waals surface area contributed by atoms with Crippen molar-refractivity contribution >= 4 is 28.5 Å². The van der Waals surface area contributed by atoms with Crippen LogP contribution in [0.2, 0.25) is 0 Å². The van der Waals surface area contributed by atoms with Gasteiger partial charge in [0.25, 0.3) is 5.91 Å². The summed E-state index contributed by atoms with van der Waals surface area (Å²) in [5.74, 6) is 0.117. The molecule has 3 rings (SSSR count). The predicted octanol–water partition coefficient (Wildman–Crippen LogP) is 2.56. The van der Waals surface area contributed by atoms with Crippen LogP contribution in [0.3, 0.4) is 0 Å². The highest BCUT2D eigenvalue weighted by atomic mass is 33.1. The molecule has 92 valence electrons. The zero-order valence-electron chi connectivity index (χ0n) is 10.1. The zero-order chi connectivity index (χ0) is 12.2. The molecule has 3 nitrogen and oxygen atoms in total. The molecule has 0 saturated heterocycles. The molecule has 0 fully saturated rings. The van der Waals surface area contributed by atoms with E-state index in [0.29, 0.717) is 5.41 Å². The molecule has 0 N–H and O–H groups in total. The van der Waals surface area contributed by atoms with E-state index in [1.807, 2.05) is 0 Å². The summed E-state index contributed by atoms with van der Waals surface area (Å²) in [4.78, 5) is 12.2. The molecule has 5 heteroatoms. The van der Waals surface area contributed by atoms with E-state index in [1.54, 1.807) is 4.31 Å². The Balaban J connectivity index is 2.02. The second-order valence-electron chi connectivity index (χ2n) is 5.66. The van der Waals surface area contributed by atoms with E-state index in [0.717, 1.165) is 31.5 Å². The van der Waals surface area contributed by atoms with Crippen LogP contribution in [-0.2, 0) is 19.4 Å². The van der Waals surface area contributed by atoms with Crippen molar-refractivity contribution in [3.63, 3.8) is 0 Å². The standard InChI is InChI=1S/C12H16N2OS2/c1-12(2)6-8-5-9-10(13(8)7-12)3-4-14(17-16)11(9)15/h5,16H,3-4,6-7H2,1-2H3. The molecule has 0 atom stereocenters. The van der Waals surface area contributed by atoms with E-state index >= 15 is 0 Å². The largest absolute Gasteiger partial charge is 0.347 e. The summed E-state index contributed by atoms with van der Waals surface area (Å²) in [6, 6.07) is 2.09. The summed E-state index contributed by atoms with van der Waals surface area (Å²) in [5.41, 5.74) is 3.78. The number of thiol groups is 1. The normalized spacial score (nSPS) is 21.6. The van der Waals surface area contributed by atoms with Crippen LogP contribution >= 0.6 is 22.6 Å². The number of rotatable bonds is 1. The molecule has 1 amide bonds. The van der Waals surface area contributed by atoms with Crippen molar-refractivity contribution in [2.45, 2.75) is 33.2 Å². The van der Waals surface area contributed by atoms with Gasteiger partial charge in [-0.2, -0.15) is 0 Å². The van der Waals surface area contributed by atoms with Gasteiger partial charge in [0.05, 0.1) is 5.56 Å². The van der Waals surface area contributed by atoms with Gasteiger partial charge in [0.1, 0.15) is 0 Å². The van der Waals surface area contributed by atoms with Crippen molar-refractivity contribution in [3.8, 4) is 0 Å². The van der Waals surface area contributed by atoms with Crippen molar-refractivity contribution in [1.29, 1.82) is 0 Å². The summed E-state index contributed by atoms with van der Waals surface area (Å²) >= 11 is 4.13. The minimum absolute atomic E-state index is 0.117. The van der Waals surface area contributed by atoms with Crippen LogP contribution in [0.15, 0.2) is 6.07 Å². The number of nitrogens with zero attached hydrogens (tertiary/aromatic N) is 2. The molecule has 17 heavy (non-hydrogen) atoms. The number of carbonyl (C=O) groups is 1. The van der Waals surface area contributed by atoms with Gasteiger partial charge in [-0.3, -0.25) is 9.10 Å². The maximum absolute atomic E-state index is 12.2. The molecule has 2 aliphatic rings. The SMILES string of the molecule is CC1(C)Cc2cc3c(n2C1)CCN(SS)C3=O. The number of aromatic nitrogens is 1. The maximum atomic E-state index is 12.2. The molecule has 2 aliphatic heterocycles. The number of carbonyl (C=O) groups excluding carboxylic acids is 1. The van der Waals surface area contributed by atoms with E-state index in [1.165, 1.54) is 22.4 Å². The summed E-state index contributed by atoms with van der Waals surface area (Å²) in [7, 11) is 1.23. The van der Waals surface area contributed by atoms with Gasteiger partial charge in [-0.1, -0.05) is 25.5 Å². The van der Waals surface area contributed by atoms with Gasteiger partial charge in [-0.05, 0) is 17.9 Å². The lowest BCUT2D eigenvalue weighted by atomic mass is 9.90. The molecule has 0 spiro atoms. The highest BCUT2D eigenvalue weighted by molar-refractivity contribution is 8.67. The Morgan fingerprint density at radius 2 is 2.24 bits per heavy atom. The van der Waals surface area contributed by atoms with Gasteiger partial charge >= 0.3 is 0 Å². The van der Waals surface area contributed by atoms with E-state index in [-0.39, 0.29) is 5.91 Å². The number of fused-ring (bicyclic) bond motifs is 3. The van der Waals surface area contributed by atoms with Crippen LogP contribution in [0.25, 0.3) is 0 Å². The van der Waals surface area contributed by atoms with Crippen LogP contribution in [-0.4, -0.2) is 21.3 Å². The van der Waals surface area contributed by atoms with Crippen LogP contribution in [0.5, 0.6) is 0 Å². The Bertz CT molecular complexity index is 493. The first-order valence-electron chi connectivity index (χ1n) is 5.86. The third kappa shape index (κ3) is 1.71. The third-order valence-corrected chi connectivity index (χ3v) is 4.78. The highest BCUT2D eigenvalue weighted by Crippen LogP contribution is 2.37. The van der Waals surface area contributed by atoms with Crippen LogP contribution in [0.4, 0.5) is 0 Å². The van der Waals surface area contributed by atoms with E-state index < -0.39 is 0 Å². The smallest absolute Gasteiger partial charge is 0.266 e. The van der Waals surface area contributed by atoms with Gasteiger partial charge < -0.3 is 4.57 Å². The van der Waals surface area contributed by atoms with Gasteiger partial charge in [0.15, 0.2) is 0 Å². The molecule has 1 aromatic rings. The molecule has 0 aliphatic carbocycles. The van der Waals surface area contributed by atoms with Crippen molar-refractivity contribution in [2.24, 2.45) is 5.41 Å². The topological polar surface area (TPSA) is 25.2 Å². The first-order valence-corrected chi connectivity index (χ1v) is 7.69. The number of hydrogen-bond acceptors (Lipinski definition) is 3. The second kappa shape index (κ2) is 3.72. The average molecular weight is 268 g/mol. The lowest BCUT2D eigenvalue weighted by molar-refractivity contribution is 0.0860.